The molecule has 27 heavy (non-hydrogen) atoms. The average Bonchev–Trinajstić information content (AvgIpc) is 2.65. The van der Waals surface area contributed by atoms with E-state index in [-0.39, 0.29) is 36.8 Å². The van der Waals surface area contributed by atoms with Crippen molar-refractivity contribution in [3.05, 3.63) is 57.6 Å². The minimum Gasteiger partial charge on any atom is -0.477 e. The maximum atomic E-state index is 12.7. The van der Waals surface area contributed by atoms with Gasteiger partial charge in [-0.3, -0.25) is 0 Å². The molecule has 1 atom stereocenters. The Balaban J connectivity index is 2.71. The molecule has 1 aromatic carbocycles. The number of ether oxygens (including phenoxy) is 3. The highest BCUT2D eigenvalue weighted by molar-refractivity contribution is 6.31. The topological polar surface area (TPSA) is 99.9 Å². The number of allylic oxidation sites excluding steroid dienone is 1. The second-order valence-corrected chi connectivity index (χ2v) is 6.12. The Labute approximate surface area is 163 Å². The summed E-state index contributed by atoms with van der Waals surface area (Å²) in [5.41, 5.74) is 6.99. The van der Waals surface area contributed by atoms with Gasteiger partial charge in [0.25, 0.3) is 0 Å². The van der Waals surface area contributed by atoms with Crippen molar-refractivity contribution in [1.82, 2.24) is 5.32 Å². The summed E-state index contributed by atoms with van der Waals surface area (Å²) in [6.07, 6.45) is 0. The van der Waals surface area contributed by atoms with Crippen molar-refractivity contribution < 1.29 is 23.8 Å². The number of dihydropyridines is 1. The van der Waals surface area contributed by atoms with Gasteiger partial charge in [-0.05, 0) is 25.5 Å². The predicted octanol–water partition coefficient (Wildman–Crippen LogP) is 2.22. The molecule has 0 saturated heterocycles. The molecule has 3 N–H and O–H groups in total. The molecule has 0 aromatic heterocycles. The molecule has 7 nitrogen and oxygen atoms in total. The van der Waals surface area contributed by atoms with Crippen molar-refractivity contribution in [3.63, 3.8) is 0 Å². The molecular weight excluding hydrogens is 372 g/mol. The molecule has 0 saturated carbocycles. The fourth-order valence-corrected chi connectivity index (χ4v) is 3.14. The predicted molar refractivity (Wildman–Crippen MR) is 101 cm³/mol. The second kappa shape index (κ2) is 9.43. The van der Waals surface area contributed by atoms with E-state index in [1.165, 1.54) is 7.11 Å². The van der Waals surface area contributed by atoms with Gasteiger partial charge in [-0.1, -0.05) is 29.8 Å². The number of benzene rings is 1. The molecule has 0 aliphatic carbocycles. The van der Waals surface area contributed by atoms with Crippen LogP contribution in [0.3, 0.4) is 0 Å². The van der Waals surface area contributed by atoms with Crippen molar-refractivity contribution >= 4 is 23.5 Å². The Morgan fingerprint density at radius 2 is 1.93 bits per heavy atom. The van der Waals surface area contributed by atoms with E-state index in [2.05, 4.69) is 5.32 Å². The number of carbonyl (C=O) groups excluding carboxylic acids is 2. The third kappa shape index (κ3) is 4.43. The molecule has 1 heterocycles. The number of carbonyl (C=O) groups is 2. The molecule has 1 aromatic rings. The van der Waals surface area contributed by atoms with E-state index in [1.807, 2.05) is 0 Å². The Morgan fingerprint density at radius 1 is 1.22 bits per heavy atom. The maximum Gasteiger partial charge on any atom is 0.340 e. The number of hydrogen-bond donors (Lipinski definition) is 2. The summed E-state index contributed by atoms with van der Waals surface area (Å²) >= 11 is 6.39. The van der Waals surface area contributed by atoms with Crippen molar-refractivity contribution in [3.8, 4) is 0 Å². The van der Waals surface area contributed by atoms with Gasteiger partial charge in [0.15, 0.2) is 0 Å². The van der Waals surface area contributed by atoms with Crippen LogP contribution in [0.5, 0.6) is 0 Å². The van der Waals surface area contributed by atoms with E-state index in [0.29, 0.717) is 16.3 Å². The summed E-state index contributed by atoms with van der Waals surface area (Å²) in [5.74, 6) is -1.82. The SMILES string of the molecule is CCOC(=O)C1=C(C)NC(OCCN)=C(C(=O)OC)C1c1ccccc1Cl. The third-order valence-electron chi connectivity index (χ3n) is 4.01. The molecule has 8 heteroatoms. The number of methoxy groups -OCH3 is 1. The lowest BCUT2D eigenvalue weighted by molar-refractivity contribution is -0.139. The first-order chi connectivity index (χ1) is 13.0. The molecule has 1 aliphatic rings. The van der Waals surface area contributed by atoms with E-state index < -0.39 is 17.9 Å². The number of nitrogens with one attached hydrogen (secondary N) is 1. The number of rotatable bonds is 7. The highest BCUT2D eigenvalue weighted by atomic mass is 35.5. The minimum atomic E-state index is -0.806. The van der Waals surface area contributed by atoms with Gasteiger partial charge in [0.1, 0.15) is 12.2 Å². The molecule has 1 unspecified atom stereocenters. The molecule has 146 valence electrons. The maximum absolute atomic E-state index is 12.7. The number of esters is 2. The lowest BCUT2D eigenvalue weighted by Gasteiger charge is -2.31. The van der Waals surface area contributed by atoms with Gasteiger partial charge in [-0.2, -0.15) is 0 Å². The zero-order chi connectivity index (χ0) is 20.0. The number of nitrogens with two attached hydrogens (primary N) is 1. The fraction of sp³-hybridized carbons (Fsp3) is 0.368. The van der Waals surface area contributed by atoms with Crippen LogP contribution in [0.1, 0.15) is 25.3 Å². The molecular formula is C19H23ClN2O5. The van der Waals surface area contributed by atoms with Crippen LogP contribution in [-0.2, 0) is 23.8 Å². The number of halogens is 1. The smallest absolute Gasteiger partial charge is 0.340 e. The Morgan fingerprint density at radius 3 is 2.52 bits per heavy atom. The molecule has 0 amide bonds. The van der Waals surface area contributed by atoms with Gasteiger partial charge >= 0.3 is 11.9 Å². The van der Waals surface area contributed by atoms with Crippen LogP contribution in [0, 0.1) is 0 Å². The zero-order valence-corrected chi connectivity index (χ0v) is 16.3. The lowest BCUT2D eigenvalue weighted by atomic mass is 9.81. The molecule has 2 rings (SSSR count). The minimum absolute atomic E-state index is 0.132. The highest BCUT2D eigenvalue weighted by Gasteiger charge is 2.40. The summed E-state index contributed by atoms with van der Waals surface area (Å²) in [4.78, 5) is 25.3. The van der Waals surface area contributed by atoms with Crippen LogP contribution in [0.15, 0.2) is 47.0 Å². The monoisotopic (exact) mass is 394 g/mol. The van der Waals surface area contributed by atoms with Gasteiger partial charge in [-0.15, -0.1) is 0 Å². The Kier molecular flexibility index (Phi) is 7.27. The van der Waals surface area contributed by atoms with E-state index in [4.69, 9.17) is 31.5 Å². The van der Waals surface area contributed by atoms with E-state index in [9.17, 15) is 9.59 Å². The van der Waals surface area contributed by atoms with Crippen molar-refractivity contribution in [2.45, 2.75) is 19.8 Å². The van der Waals surface area contributed by atoms with Crippen molar-refractivity contribution in [2.24, 2.45) is 5.73 Å². The van der Waals surface area contributed by atoms with Crippen LogP contribution < -0.4 is 11.1 Å². The van der Waals surface area contributed by atoms with Gasteiger partial charge in [0.2, 0.25) is 5.88 Å². The first-order valence-electron chi connectivity index (χ1n) is 8.50. The molecule has 0 spiro atoms. The first-order valence-corrected chi connectivity index (χ1v) is 8.88. The van der Waals surface area contributed by atoms with Crippen LogP contribution in [0.2, 0.25) is 5.02 Å². The Bertz CT molecular complexity index is 788. The van der Waals surface area contributed by atoms with Crippen LogP contribution in [0.4, 0.5) is 0 Å². The zero-order valence-electron chi connectivity index (χ0n) is 15.5. The van der Waals surface area contributed by atoms with Gasteiger partial charge < -0.3 is 25.3 Å². The van der Waals surface area contributed by atoms with E-state index >= 15 is 0 Å². The van der Waals surface area contributed by atoms with Gasteiger partial charge in [-0.25, -0.2) is 9.59 Å². The molecule has 0 fully saturated rings. The summed E-state index contributed by atoms with van der Waals surface area (Å²) in [6, 6.07) is 6.97. The van der Waals surface area contributed by atoms with Crippen LogP contribution in [-0.4, -0.2) is 38.8 Å². The van der Waals surface area contributed by atoms with Crippen molar-refractivity contribution in [1.29, 1.82) is 0 Å². The second-order valence-electron chi connectivity index (χ2n) is 5.71. The largest absolute Gasteiger partial charge is 0.477 e. The average molecular weight is 395 g/mol. The van der Waals surface area contributed by atoms with Crippen LogP contribution >= 0.6 is 11.6 Å². The highest BCUT2D eigenvalue weighted by Crippen LogP contribution is 2.41. The lowest BCUT2D eigenvalue weighted by Crippen LogP contribution is -2.34. The van der Waals surface area contributed by atoms with Crippen LogP contribution in [0.25, 0.3) is 0 Å². The standard InChI is InChI=1S/C19H23ClN2O5/c1-4-26-19(24)14-11(2)22-17(27-10-9-21)16(18(23)25-3)15(14)12-7-5-6-8-13(12)20/h5-8,15,22H,4,9-10,21H2,1-3H3. The summed E-state index contributed by atoms with van der Waals surface area (Å²) in [7, 11) is 1.26. The first kappa shape index (κ1) is 20.8. The quantitative estimate of drug-likeness (QED) is 0.684. The van der Waals surface area contributed by atoms with E-state index in [1.54, 1.807) is 38.1 Å². The Hall–Kier alpha value is -2.51. The number of hydrogen-bond acceptors (Lipinski definition) is 7. The van der Waals surface area contributed by atoms with E-state index in [0.717, 1.165) is 0 Å². The molecule has 0 bridgehead atoms. The summed E-state index contributed by atoms with van der Waals surface area (Å²) in [5, 5.41) is 3.36. The summed E-state index contributed by atoms with van der Waals surface area (Å²) in [6.45, 7) is 4.04. The van der Waals surface area contributed by atoms with Gasteiger partial charge in [0.05, 0.1) is 25.2 Å². The van der Waals surface area contributed by atoms with Gasteiger partial charge in [0, 0.05) is 17.3 Å². The molecule has 0 radical (unpaired) electrons. The molecule has 1 aliphatic heterocycles. The third-order valence-corrected chi connectivity index (χ3v) is 4.35. The summed E-state index contributed by atoms with van der Waals surface area (Å²) < 4.78 is 15.8. The fourth-order valence-electron chi connectivity index (χ4n) is 2.89. The van der Waals surface area contributed by atoms with Crippen molar-refractivity contribution in [2.75, 3.05) is 26.9 Å². The normalized spacial score (nSPS) is 16.7.